The van der Waals surface area contributed by atoms with Crippen LogP contribution < -0.4 is 10.6 Å². The Hall–Kier alpha value is 0.170. The van der Waals surface area contributed by atoms with Crippen molar-refractivity contribution >= 4 is 12.4 Å². The van der Waals surface area contributed by atoms with E-state index >= 15 is 0 Å². The molecule has 2 aliphatic heterocycles. The minimum absolute atomic E-state index is 0. The van der Waals surface area contributed by atoms with Gasteiger partial charge in [0.05, 0.1) is 0 Å². The summed E-state index contributed by atoms with van der Waals surface area (Å²) < 4.78 is 0. The monoisotopic (exact) mass is 205 g/mol. The van der Waals surface area contributed by atoms with Crippen LogP contribution in [0, 0.1) is 0 Å². The van der Waals surface area contributed by atoms with E-state index in [1.54, 1.807) is 0 Å². The van der Waals surface area contributed by atoms with Crippen LogP contribution in [0.1, 0.15) is 13.8 Å². The second kappa shape index (κ2) is 4.60. The summed E-state index contributed by atoms with van der Waals surface area (Å²) in [6.07, 6.45) is 0. The first-order valence-corrected chi connectivity index (χ1v) is 4.97. The Labute approximate surface area is 86.7 Å². The molecule has 4 heteroatoms. The molecule has 2 atom stereocenters. The summed E-state index contributed by atoms with van der Waals surface area (Å²) in [7, 11) is 0. The van der Waals surface area contributed by atoms with E-state index in [9.17, 15) is 0 Å². The van der Waals surface area contributed by atoms with Crippen LogP contribution in [0.4, 0.5) is 0 Å². The molecule has 78 valence electrons. The van der Waals surface area contributed by atoms with Crippen LogP contribution in [0.3, 0.4) is 0 Å². The maximum absolute atomic E-state index is 3.50. The van der Waals surface area contributed by atoms with Crippen LogP contribution in [0.5, 0.6) is 0 Å². The fourth-order valence-electron chi connectivity index (χ4n) is 2.07. The average molecular weight is 206 g/mol. The summed E-state index contributed by atoms with van der Waals surface area (Å²) in [5.41, 5.74) is 0. The number of hydrogen-bond acceptors (Lipinski definition) is 3. The highest BCUT2D eigenvalue weighted by molar-refractivity contribution is 5.85. The van der Waals surface area contributed by atoms with Crippen molar-refractivity contribution in [1.29, 1.82) is 0 Å². The lowest BCUT2D eigenvalue weighted by Crippen LogP contribution is -2.65. The Morgan fingerprint density at radius 1 is 1.15 bits per heavy atom. The number of hydrogen-bond donors (Lipinski definition) is 2. The van der Waals surface area contributed by atoms with Gasteiger partial charge in [0.15, 0.2) is 0 Å². The Morgan fingerprint density at radius 2 is 1.85 bits per heavy atom. The molecule has 3 nitrogen and oxygen atoms in total. The van der Waals surface area contributed by atoms with Gasteiger partial charge in [-0.3, -0.25) is 4.90 Å². The van der Waals surface area contributed by atoms with E-state index in [1.807, 2.05) is 0 Å². The van der Waals surface area contributed by atoms with Gasteiger partial charge in [-0.2, -0.15) is 0 Å². The lowest BCUT2D eigenvalue weighted by atomic mass is 10.0. The maximum Gasteiger partial charge on any atom is 0.0349 e. The summed E-state index contributed by atoms with van der Waals surface area (Å²) in [6.45, 7) is 9.33. The van der Waals surface area contributed by atoms with E-state index in [1.165, 1.54) is 19.6 Å². The van der Waals surface area contributed by atoms with Gasteiger partial charge in [0.2, 0.25) is 0 Å². The standard InChI is InChI=1S/C9H19N3.ClH/c1-7-6-12(8(2)3-11-7)9-4-10-5-9;/h7-11H,3-6H2,1-2H3;1H. The van der Waals surface area contributed by atoms with Crippen molar-refractivity contribution in [3.63, 3.8) is 0 Å². The third-order valence-electron chi connectivity index (χ3n) is 3.04. The quantitative estimate of drug-likeness (QED) is 0.634. The predicted octanol–water partition coefficient (Wildman–Crippen LogP) is 0.0622. The fraction of sp³-hybridized carbons (Fsp3) is 1.00. The molecule has 2 fully saturated rings. The highest BCUT2D eigenvalue weighted by atomic mass is 35.5. The molecule has 2 rings (SSSR count). The lowest BCUT2D eigenvalue weighted by molar-refractivity contribution is 0.0664. The van der Waals surface area contributed by atoms with E-state index in [4.69, 9.17) is 0 Å². The van der Waals surface area contributed by atoms with Crippen molar-refractivity contribution in [3.8, 4) is 0 Å². The van der Waals surface area contributed by atoms with Crippen molar-refractivity contribution in [2.75, 3.05) is 26.2 Å². The lowest BCUT2D eigenvalue weighted by Gasteiger charge is -2.46. The van der Waals surface area contributed by atoms with Crippen LogP contribution in [0.25, 0.3) is 0 Å². The number of piperazine rings is 1. The van der Waals surface area contributed by atoms with Crippen molar-refractivity contribution in [3.05, 3.63) is 0 Å². The molecule has 0 amide bonds. The molecule has 13 heavy (non-hydrogen) atoms. The van der Waals surface area contributed by atoms with Gasteiger partial charge in [-0.1, -0.05) is 0 Å². The van der Waals surface area contributed by atoms with Gasteiger partial charge in [-0.15, -0.1) is 12.4 Å². The molecule has 0 spiro atoms. The summed E-state index contributed by atoms with van der Waals surface area (Å²) in [5, 5.41) is 6.83. The molecule has 2 unspecified atom stereocenters. The molecule has 0 radical (unpaired) electrons. The molecule has 0 saturated carbocycles. The molecule has 0 aromatic heterocycles. The number of nitrogens with zero attached hydrogens (tertiary/aromatic N) is 1. The first-order valence-electron chi connectivity index (χ1n) is 4.97. The first kappa shape index (κ1) is 11.2. The fourth-order valence-corrected chi connectivity index (χ4v) is 2.07. The molecule has 2 saturated heterocycles. The molecule has 2 N–H and O–H groups in total. The SMILES string of the molecule is CC1CN(C2CNC2)C(C)CN1.Cl. The zero-order chi connectivity index (χ0) is 8.55. The van der Waals surface area contributed by atoms with Gasteiger partial charge in [-0.05, 0) is 13.8 Å². The molecule has 0 aromatic carbocycles. The number of rotatable bonds is 1. The first-order chi connectivity index (χ1) is 5.77. The van der Waals surface area contributed by atoms with Gasteiger partial charge in [-0.25, -0.2) is 0 Å². The summed E-state index contributed by atoms with van der Waals surface area (Å²) >= 11 is 0. The Kier molecular flexibility index (Phi) is 3.98. The van der Waals surface area contributed by atoms with Gasteiger partial charge in [0.25, 0.3) is 0 Å². The van der Waals surface area contributed by atoms with E-state index < -0.39 is 0 Å². The van der Waals surface area contributed by atoms with Gasteiger partial charge in [0, 0.05) is 44.3 Å². The number of halogens is 1. The maximum atomic E-state index is 3.50. The van der Waals surface area contributed by atoms with Crippen molar-refractivity contribution < 1.29 is 0 Å². The third-order valence-corrected chi connectivity index (χ3v) is 3.04. The molecular weight excluding hydrogens is 186 g/mol. The Balaban J connectivity index is 0.000000845. The average Bonchev–Trinajstić information content (AvgIpc) is 1.93. The minimum atomic E-state index is 0. The Bertz CT molecular complexity index is 159. The second-order valence-corrected chi connectivity index (χ2v) is 4.17. The van der Waals surface area contributed by atoms with E-state index in [0.29, 0.717) is 12.1 Å². The van der Waals surface area contributed by atoms with Gasteiger partial charge < -0.3 is 10.6 Å². The smallest absolute Gasteiger partial charge is 0.0349 e. The van der Waals surface area contributed by atoms with Crippen LogP contribution in [-0.4, -0.2) is 49.2 Å². The van der Waals surface area contributed by atoms with Gasteiger partial charge >= 0.3 is 0 Å². The van der Waals surface area contributed by atoms with Crippen molar-refractivity contribution in [2.45, 2.75) is 32.0 Å². The highest BCUT2D eigenvalue weighted by Gasteiger charge is 2.31. The van der Waals surface area contributed by atoms with Crippen molar-refractivity contribution in [1.82, 2.24) is 15.5 Å². The van der Waals surface area contributed by atoms with Crippen LogP contribution >= 0.6 is 12.4 Å². The summed E-state index contributed by atoms with van der Waals surface area (Å²) in [4.78, 5) is 2.64. The molecule has 2 aliphatic rings. The molecule has 0 bridgehead atoms. The minimum Gasteiger partial charge on any atom is -0.314 e. The molecule has 0 aromatic rings. The summed E-state index contributed by atoms with van der Waals surface area (Å²) in [6, 6.07) is 2.19. The molecular formula is C9H20ClN3. The largest absolute Gasteiger partial charge is 0.314 e. The van der Waals surface area contributed by atoms with Crippen LogP contribution in [-0.2, 0) is 0 Å². The zero-order valence-corrected chi connectivity index (χ0v) is 9.23. The Morgan fingerprint density at radius 3 is 2.38 bits per heavy atom. The van der Waals surface area contributed by atoms with E-state index in [0.717, 1.165) is 12.6 Å². The zero-order valence-electron chi connectivity index (χ0n) is 8.42. The van der Waals surface area contributed by atoms with Crippen LogP contribution in [0.2, 0.25) is 0 Å². The molecule has 0 aliphatic carbocycles. The topological polar surface area (TPSA) is 27.3 Å². The summed E-state index contributed by atoms with van der Waals surface area (Å²) in [5.74, 6) is 0. The normalized spacial score (nSPS) is 36.5. The third kappa shape index (κ3) is 2.34. The van der Waals surface area contributed by atoms with E-state index in [2.05, 4.69) is 29.4 Å². The second-order valence-electron chi connectivity index (χ2n) is 4.17. The van der Waals surface area contributed by atoms with E-state index in [-0.39, 0.29) is 12.4 Å². The van der Waals surface area contributed by atoms with Crippen molar-refractivity contribution in [2.24, 2.45) is 0 Å². The molecule has 2 heterocycles. The highest BCUT2D eigenvalue weighted by Crippen LogP contribution is 2.13. The van der Waals surface area contributed by atoms with Gasteiger partial charge in [0.1, 0.15) is 0 Å². The number of nitrogens with one attached hydrogen (secondary N) is 2. The van der Waals surface area contributed by atoms with Crippen LogP contribution in [0.15, 0.2) is 0 Å². The predicted molar refractivity (Wildman–Crippen MR) is 57.5 cm³/mol.